The summed E-state index contributed by atoms with van der Waals surface area (Å²) in [5.41, 5.74) is 6.89. The maximum atomic E-state index is 5.60. The summed E-state index contributed by atoms with van der Waals surface area (Å²) in [5, 5.41) is 0. The Morgan fingerprint density at radius 3 is 2.81 bits per heavy atom. The summed E-state index contributed by atoms with van der Waals surface area (Å²) >= 11 is 0. The fraction of sp³-hybridized carbons (Fsp3) is 0.692. The lowest BCUT2D eigenvalue weighted by atomic mass is 9.92. The number of likely N-dealkylation sites (tertiary alicyclic amines) is 1. The normalized spacial score (nSPS) is 21.1. The summed E-state index contributed by atoms with van der Waals surface area (Å²) in [6, 6.07) is 2.55. The first-order chi connectivity index (χ1) is 7.81. The van der Waals surface area contributed by atoms with E-state index < -0.39 is 0 Å². The molecule has 3 nitrogen and oxygen atoms in total. The summed E-state index contributed by atoms with van der Waals surface area (Å²) in [4.78, 5) is 2.54. The van der Waals surface area contributed by atoms with Crippen molar-refractivity contribution in [2.24, 2.45) is 11.7 Å². The van der Waals surface area contributed by atoms with Crippen molar-refractivity contribution in [2.75, 3.05) is 19.6 Å². The molecule has 0 aromatic carbocycles. The minimum Gasteiger partial charge on any atom is -0.472 e. The highest BCUT2D eigenvalue weighted by Gasteiger charge is 2.23. The van der Waals surface area contributed by atoms with E-state index in [4.69, 9.17) is 10.2 Å². The Hall–Kier alpha value is -0.800. The third-order valence-electron chi connectivity index (χ3n) is 3.80. The van der Waals surface area contributed by atoms with Crippen molar-refractivity contribution in [1.29, 1.82) is 0 Å². The minimum atomic E-state index is 0.484. The van der Waals surface area contributed by atoms with Crippen LogP contribution in [0.1, 0.15) is 37.8 Å². The predicted molar refractivity (Wildman–Crippen MR) is 65.1 cm³/mol. The number of nitrogens with zero attached hydrogens (tertiary/aromatic N) is 1. The van der Waals surface area contributed by atoms with Crippen molar-refractivity contribution >= 4 is 0 Å². The van der Waals surface area contributed by atoms with Gasteiger partial charge in [-0.2, -0.15) is 0 Å². The van der Waals surface area contributed by atoms with Crippen LogP contribution in [0.15, 0.2) is 23.0 Å². The lowest BCUT2D eigenvalue weighted by molar-refractivity contribution is 0.138. The lowest BCUT2D eigenvalue weighted by Crippen LogP contribution is -2.36. The molecule has 3 heteroatoms. The maximum Gasteiger partial charge on any atom is 0.0950 e. The Balaban J connectivity index is 1.84. The van der Waals surface area contributed by atoms with E-state index in [2.05, 4.69) is 17.9 Å². The van der Waals surface area contributed by atoms with Crippen LogP contribution in [-0.2, 0) is 0 Å². The molecule has 2 N–H and O–H groups in total. The Morgan fingerprint density at radius 1 is 1.50 bits per heavy atom. The van der Waals surface area contributed by atoms with E-state index in [0.717, 1.165) is 12.5 Å². The highest BCUT2D eigenvalue weighted by molar-refractivity contribution is 5.10. The van der Waals surface area contributed by atoms with Gasteiger partial charge in [0.15, 0.2) is 0 Å². The SMILES string of the molecule is CC(c1ccoc1)N1CCC(CCN)CC1. The minimum absolute atomic E-state index is 0.484. The van der Waals surface area contributed by atoms with Crippen LogP contribution in [0, 0.1) is 5.92 Å². The molecule has 1 aliphatic heterocycles. The van der Waals surface area contributed by atoms with Gasteiger partial charge in [-0.25, -0.2) is 0 Å². The Kier molecular flexibility index (Phi) is 4.02. The number of hydrogen-bond acceptors (Lipinski definition) is 3. The van der Waals surface area contributed by atoms with Crippen LogP contribution in [0.3, 0.4) is 0 Å². The first-order valence-corrected chi connectivity index (χ1v) is 6.27. The van der Waals surface area contributed by atoms with E-state index in [1.165, 1.54) is 37.9 Å². The van der Waals surface area contributed by atoms with Crippen molar-refractivity contribution in [1.82, 2.24) is 4.90 Å². The molecule has 0 spiro atoms. The van der Waals surface area contributed by atoms with Crippen LogP contribution in [0.5, 0.6) is 0 Å². The van der Waals surface area contributed by atoms with Crippen molar-refractivity contribution in [3.05, 3.63) is 24.2 Å². The molecular weight excluding hydrogens is 200 g/mol. The summed E-state index contributed by atoms with van der Waals surface area (Å²) in [5.74, 6) is 0.845. The maximum absolute atomic E-state index is 5.60. The zero-order chi connectivity index (χ0) is 11.4. The average molecular weight is 222 g/mol. The fourth-order valence-electron chi connectivity index (χ4n) is 2.59. The topological polar surface area (TPSA) is 42.4 Å². The van der Waals surface area contributed by atoms with Gasteiger partial charge < -0.3 is 10.2 Å². The molecule has 0 radical (unpaired) electrons. The molecule has 1 atom stereocenters. The van der Waals surface area contributed by atoms with Gasteiger partial charge in [-0.05, 0) is 57.8 Å². The number of piperidine rings is 1. The largest absolute Gasteiger partial charge is 0.472 e. The second-order valence-corrected chi connectivity index (χ2v) is 4.79. The van der Waals surface area contributed by atoms with Gasteiger partial charge in [0, 0.05) is 11.6 Å². The highest BCUT2D eigenvalue weighted by atomic mass is 16.3. The van der Waals surface area contributed by atoms with Crippen LogP contribution < -0.4 is 5.73 Å². The standard InChI is InChI=1S/C13H22N2O/c1-11(13-5-9-16-10-13)15-7-3-12(2-6-14)4-8-15/h5,9-12H,2-4,6-8,14H2,1H3. The first kappa shape index (κ1) is 11.7. The monoisotopic (exact) mass is 222 g/mol. The van der Waals surface area contributed by atoms with Gasteiger partial charge in [0.2, 0.25) is 0 Å². The zero-order valence-electron chi connectivity index (χ0n) is 10.1. The zero-order valence-corrected chi connectivity index (χ0v) is 10.1. The third kappa shape index (κ3) is 2.66. The molecule has 2 rings (SSSR count). The second kappa shape index (κ2) is 5.51. The van der Waals surface area contributed by atoms with Gasteiger partial charge in [-0.1, -0.05) is 0 Å². The summed E-state index contributed by atoms with van der Waals surface area (Å²) in [7, 11) is 0. The summed E-state index contributed by atoms with van der Waals surface area (Å²) in [6.45, 7) is 5.48. The molecule has 1 unspecified atom stereocenters. The number of nitrogens with two attached hydrogens (primary N) is 1. The average Bonchev–Trinajstić information content (AvgIpc) is 2.83. The lowest BCUT2D eigenvalue weighted by Gasteiger charge is -2.35. The van der Waals surface area contributed by atoms with E-state index in [9.17, 15) is 0 Å². The van der Waals surface area contributed by atoms with E-state index in [0.29, 0.717) is 6.04 Å². The van der Waals surface area contributed by atoms with E-state index >= 15 is 0 Å². The van der Waals surface area contributed by atoms with Crippen LogP contribution >= 0.6 is 0 Å². The van der Waals surface area contributed by atoms with Crippen LogP contribution in [0.2, 0.25) is 0 Å². The molecule has 1 aromatic rings. The number of furan rings is 1. The molecule has 0 saturated carbocycles. The van der Waals surface area contributed by atoms with E-state index in [1.54, 1.807) is 6.26 Å². The molecule has 1 aliphatic rings. The van der Waals surface area contributed by atoms with Gasteiger partial charge in [0.25, 0.3) is 0 Å². The second-order valence-electron chi connectivity index (χ2n) is 4.79. The molecule has 0 bridgehead atoms. The Labute approximate surface area is 97.6 Å². The fourth-order valence-corrected chi connectivity index (χ4v) is 2.59. The van der Waals surface area contributed by atoms with E-state index in [1.807, 2.05) is 6.26 Å². The highest BCUT2D eigenvalue weighted by Crippen LogP contribution is 2.27. The van der Waals surface area contributed by atoms with Crippen molar-refractivity contribution in [3.63, 3.8) is 0 Å². The van der Waals surface area contributed by atoms with Crippen molar-refractivity contribution < 1.29 is 4.42 Å². The van der Waals surface area contributed by atoms with E-state index in [-0.39, 0.29) is 0 Å². The molecule has 0 amide bonds. The van der Waals surface area contributed by atoms with Crippen LogP contribution in [0.4, 0.5) is 0 Å². The molecule has 90 valence electrons. The molecule has 2 heterocycles. The molecule has 0 aliphatic carbocycles. The molecule has 1 saturated heterocycles. The molecule has 1 aromatic heterocycles. The molecular formula is C13H22N2O. The van der Waals surface area contributed by atoms with Gasteiger partial charge in [-0.15, -0.1) is 0 Å². The predicted octanol–water partition coefficient (Wildman–Crippen LogP) is 2.40. The van der Waals surface area contributed by atoms with Gasteiger partial charge in [0.1, 0.15) is 0 Å². The molecule has 16 heavy (non-hydrogen) atoms. The van der Waals surface area contributed by atoms with Crippen LogP contribution in [0.25, 0.3) is 0 Å². The summed E-state index contributed by atoms with van der Waals surface area (Å²) in [6.07, 6.45) is 7.39. The quantitative estimate of drug-likeness (QED) is 0.850. The Morgan fingerprint density at radius 2 is 2.25 bits per heavy atom. The smallest absolute Gasteiger partial charge is 0.0950 e. The summed E-state index contributed by atoms with van der Waals surface area (Å²) < 4.78 is 5.14. The molecule has 1 fully saturated rings. The first-order valence-electron chi connectivity index (χ1n) is 6.27. The van der Waals surface area contributed by atoms with Crippen LogP contribution in [-0.4, -0.2) is 24.5 Å². The van der Waals surface area contributed by atoms with Crippen molar-refractivity contribution in [2.45, 2.75) is 32.2 Å². The third-order valence-corrected chi connectivity index (χ3v) is 3.80. The van der Waals surface area contributed by atoms with Gasteiger partial charge in [0.05, 0.1) is 12.5 Å². The van der Waals surface area contributed by atoms with Gasteiger partial charge >= 0.3 is 0 Å². The number of hydrogen-bond donors (Lipinski definition) is 1. The van der Waals surface area contributed by atoms with Gasteiger partial charge in [-0.3, -0.25) is 4.90 Å². The Bertz CT molecular complexity index is 289. The number of rotatable bonds is 4. The van der Waals surface area contributed by atoms with Crippen molar-refractivity contribution in [3.8, 4) is 0 Å².